The molecule has 3 N–H and O–H groups in total. The van der Waals surface area contributed by atoms with Crippen molar-refractivity contribution in [2.75, 3.05) is 31.4 Å². The van der Waals surface area contributed by atoms with Crippen molar-refractivity contribution < 1.29 is 28.6 Å². The first-order valence-electron chi connectivity index (χ1n) is 8.72. The molecule has 2 rings (SSSR count). The average Bonchev–Trinajstić information content (AvgIpc) is 2.72. The molecular formula is C20H21ClN2O6. The fourth-order valence-electron chi connectivity index (χ4n) is 2.27. The van der Waals surface area contributed by atoms with Crippen molar-refractivity contribution in [2.45, 2.75) is 13.3 Å². The lowest BCUT2D eigenvalue weighted by Crippen LogP contribution is -2.21. The van der Waals surface area contributed by atoms with E-state index in [-0.39, 0.29) is 22.0 Å². The minimum absolute atomic E-state index is 0.0504. The number of rotatable bonds is 8. The van der Waals surface area contributed by atoms with E-state index < -0.39 is 24.5 Å². The molecule has 0 bridgehead atoms. The largest absolute Gasteiger partial charge is 0.496 e. The molecule has 8 nitrogen and oxygen atoms in total. The molecule has 0 aliphatic carbocycles. The number of halogens is 1. The molecule has 0 saturated carbocycles. The van der Waals surface area contributed by atoms with Crippen molar-refractivity contribution in [1.29, 1.82) is 0 Å². The van der Waals surface area contributed by atoms with E-state index in [1.165, 1.54) is 31.4 Å². The Bertz CT molecular complexity index is 899. The van der Waals surface area contributed by atoms with Crippen molar-refractivity contribution >= 4 is 40.8 Å². The summed E-state index contributed by atoms with van der Waals surface area (Å²) in [6, 6.07) is 8.86. The highest BCUT2D eigenvalue weighted by Gasteiger charge is 2.18. The Kier molecular flexibility index (Phi) is 7.85. The zero-order valence-corrected chi connectivity index (χ0v) is 16.7. The maximum atomic E-state index is 12.2. The van der Waals surface area contributed by atoms with Gasteiger partial charge in [-0.15, -0.1) is 0 Å². The first-order chi connectivity index (χ1) is 13.8. The summed E-state index contributed by atoms with van der Waals surface area (Å²) in [5, 5.41) is 2.73. The summed E-state index contributed by atoms with van der Waals surface area (Å²) in [6.45, 7) is 1.72. The second-order valence-electron chi connectivity index (χ2n) is 5.91. The third-order valence-corrected chi connectivity index (χ3v) is 4.04. The van der Waals surface area contributed by atoms with Crippen LogP contribution >= 0.6 is 11.6 Å². The molecule has 0 spiro atoms. The smallest absolute Gasteiger partial charge is 0.342 e. The molecule has 2 aromatic carbocycles. The van der Waals surface area contributed by atoms with Crippen LogP contribution in [0.4, 0.5) is 11.4 Å². The highest BCUT2D eigenvalue weighted by molar-refractivity contribution is 6.33. The topological polar surface area (TPSA) is 117 Å². The summed E-state index contributed by atoms with van der Waals surface area (Å²) in [7, 11) is 1.37. The maximum absolute atomic E-state index is 12.2. The van der Waals surface area contributed by atoms with Gasteiger partial charge in [-0.2, -0.15) is 0 Å². The standard InChI is InChI=1S/C20H21ClN2O6/c1-3-8-28-19(25)12-4-6-13(7-5-12)23-18(24)11-29-20(26)14-9-15(21)16(22)10-17(14)27-2/h4-7,9-10H,3,8,11,22H2,1-2H3,(H,23,24). The van der Waals surface area contributed by atoms with Gasteiger partial charge in [-0.1, -0.05) is 18.5 Å². The van der Waals surface area contributed by atoms with Crippen LogP contribution in [0.15, 0.2) is 36.4 Å². The molecule has 0 atom stereocenters. The van der Waals surface area contributed by atoms with E-state index in [0.717, 1.165) is 6.42 Å². The minimum Gasteiger partial charge on any atom is -0.496 e. The van der Waals surface area contributed by atoms with Gasteiger partial charge >= 0.3 is 11.9 Å². The number of carbonyl (C=O) groups excluding carboxylic acids is 3. The first kappa shape index (κ1) is 22.0. The molecule has 0 fully saturated rings. The summed E-state index contributed by atoms with van der Waals surface area (Å²) < 4.78 is 15.1. The summed E-state index contributed by atoms with van der Waals surface area (Å²) in [4.78, 5) is 36.0. The van der Waals surface area contributed by atoms with Crippen LogP contribution in [0.2, 0.25) is 5.02 Å². The molecule has 0 unspecified atom stereocenters. The van der Waals surface area contributed by atoms with E-state index in [9.17, 15) is 14.4 Å². The van der Waals surface area contributed by atoms with Crippen molar-refractivity contribution in [2.24, 2.45) is 0 Å². The Morgan fingerprint density at radius 3 is 2.38 bits per heavy atom. The maximum Gasteiger partial charge on any atom is 0.342 e. The Labute approximate surface area is 172 Å². The van der Waals surface area contributed by atoms with Crippen LogP contribution in [0.5, 0.6) is 5.75 Å². The first-order valence-corrected chi connectivity index (χ1v) is 9.10. The molecule has 0 aliphatic rings. The van der Waals surface area contributed by atoms with Crippen molar-refractivity contribution in [3.63, 3.8) is 0 Å². The quantitative estimate of drug-likeness (QED) is 0.497. The van der Waals surface area contributed by atoms with E-state index in [4.69, 9.17) is 31.5 Å². The zero-order valence-electron chi connectivity index (χ0n) is 16.0. The van der Waals surface area contributed by atoms with Gasteiger partial charge in [0.25, 0.3) is 5.91 Å². The van der Waals surface area contributed by atoms with Crippen LogP contribution in [0.3, 0.4) is 0 Å². The monoisotopic (exact) mass is 420 g/mol. The SMILES string of the molecule is CCCOC(=O)c1ccc(NC(=O)COC(=O)c2cc(Cl)c(N)cc2OC)cc1. The Hall–Kier alpha value is -3.26. The molecule has 0 radical (unpaired) electrons. The van der Waals surface area contributed by atoms with Crippen LogP contribution in [-0.2, 0) is 14.3 Å². The van der Waals surface area contributed by atoms with E-state index in [1.807, 2.05) is 6.92 Å². The van der Waals surface area contributed by atoms with Crippen LogP contribution in [0.25, 0.3) is 0 Å². The molecule has 0 heterocycles. The third-order valence-electron chi connectivity index (χ3n) is 3.71. The number of hydrogen-bond donors (Lipinski definition) is 2. The molecule has 0 saturated heterocycles. The Morgan fingerprint density at radius 1 is 1.07 bits per heavy atom. The molecular weight excluding hydrogens is 400 g/mol. The number of carbonyl (C=O) groups is 3. The van der Waals surface area contributed by atoms with Crippen LogP contribution in [0, 0.1) is 0 Å². The number of nitrogens with one attached hydrogen (secondary N) is 1. The Balaban J connectivity index is 1.92. The number of hydrogen-bond acceptors (Lipinski definition) is 7. The lowest BCUT2D eigenvalue weighted by atomic mass is 10.2. The van der Waals surface area contributed by atoms with Crippen molar-refractivity contribution in [3.8, 4) is 5.75 Å². The second-order valence-corrected chi connectivity index (χ2v) is 6.32. The van der Waals surface area contributed by atoms with Crippen molar-refractivity contribution in [1.82, 2.24) is 0 Å². The highest BCUT2D eigenvalue weighted by Crippen LogP contribution is 2.29. The van der Waals surface area contributed by atoms with Crippen LogP contribution in [-0.4, -0.2) is 38.2 Å². The zero-order chi connectivity index (χ0) is 21.4. The van der Waals surface area contributed by atoms with Crippen LogP contribution in [0.1, 0.15) is 34.1 Å². The number of amides is 1. The van der Waals surface area contributed by atoms with Gasteiger partial charge < -0.3 is 25.3 Å². The lowest BCUT2D eigenvalue weighted by Gasteiger charge is -2.11. The molecule has 154 valence electrons. The highest BCUT2D eigenvalue weighted by atomic mass is 35.5. The summed E-state index contributed by atoms with van der Waals surface area (Å²) in [5.74, 6) is -1.59. The average molecular weight is 421 g/mol. The van der Waals surface area contributed by atoms with Gasteiger partial charge in [-0.05, 0) is 36.8 Å². The number of benzene rings is 2. The van der Waals surface area contributed by atoms with Gasteiger partial charge in [0, 0.05) is 11.8 Å². The summed E-state index contributed by atoms with van der Waals surface area (Å²) in [5.41, 5.74) is 6.78. The molecule has 0 aliphatic heterocycles. The number of methoxy groups -OCH3 is 1. The molecule has 2 aromatic rings. The second kappa shape index (κ2) is 10.3. The van der Waals surface area contributed by atoms with Crippen LogP contribution < -0.4 is 15.8 Å². The van der Waals surface area contributed by atoms with Crippen molar-refractivity contribution in [3.05, 3.63) is 52.5 Å². The predicted molar refractivity (Wildman–Crippen MR) is 108 cm³/mol. The van der Waals surface area contributed by atoms with E-state index in [1.54, 1.807) is 12.1 Å². The van der Waals surface area contributed by atoms with E-state index >= 15 is 0 Å². The van der Waals surface area contributed by atoms with Gasteiger partial charge in [0.15, 0.2) is 6.61 Å². The number of nitrogen functional groups attached to an aromatic ring is 1. The number of anilines is 2. The molecule has 1 amide bonds. The number of esters is 2. The minimum atomic E-state index is -0.784. The molecule has 0 aromatic heterocycles. The summed E-state index contributed by atoms with van der Waals surface area (Å²) in [6.07, 6.45) is 0.729. The summed E-state index contributed by atoms with van der Waals surface area (Å²) >= 11 is 5.92. The lowest BCUT2D eigenvalue weighted by molar-refractivity contribution is -0.119. The van der Waals surface area contributed by atoms with E-state index in [2.05, 4.69) is 5.32 Å². The number of nitrogens with two attached hydrogens (primary N) is 1. The molecule has 9 heteroatoms. The van der Waals surface area contributed by atoms with Gasteiger partial charge in [-0.25, -0.2) is 9.59 Å². The third kappa shape index (κ3) is 6.11. The predicted octanol–water partition coefficient (Wildman–Crippen LogP) is 3.29. The normalized spacial score (nSPS) is 10.2. The van der Waals surface area contributed by atoms with Gasteiger partial charge in [0.2, 0.25) is 0 Å². The van der Waals surface area contributed by atoms with Gasteiger partial charge in [0.1, 0.15) is 11.3 Å². The van der Waals surface area contributed by atoms with Gasteiger partial charge in [-0.3, -0.25) is 4.79 Å². The fraction of sp³-hybridized carbons (Fsp3) is 0.250. The Morgan fingerprint density at radius 2 is 1.76 bits per heavy atom. The number of ether oxygens (including phenoxy) is 3. The fourth-order valence-corrected chi connectivity index (χ4v) is 2.43. The van der Waals surface area contributed by atoms with Gasteiger partial charge in [0.05, 0.1) is 30.0 Å². The van der Waals surface area contributed by atoms with E-state index in [0.29, 0.717) is 17.9 Å². The molecule has 29 heavy (non-hydrogen) atoms.